The number of carbonyl (C=O) groups is 4. The molecule has 10 heteroatoms. The minimum absolute atomic E-state index is 0.236. The number of carbonyl (C=O) groups excluding carboxylic acids is 4. The Bertz CT molecular complexity index is 506. The monoisotopic (exact) mass is 410 g/mol. The highest BCUT2D eigenvalue weighted by Crippen LogP contribution is 2.31. The van der Waals surface area contributed by atoms with Gasteiger partial charge < -0.3 is 23.7 Å². The Kier molecular flexibility index (Phi) is 7.61. The summed E-state index contributed by atoms with van der Waals surface area (Å²) in [5.74, 6) is -2.52. The van der Waals surface area contributed by atoms with Gasteiger partial charge in [-0.1, -0.05) is 15.9 Å². The maximum atomic E-state index is 11.4. The topological polar surface area (TPSA) is 114 Å². The zero-order valence-electron chi connectivity index (χ0n) is 13.6. The Morgan fingerprint density at radius 3 is 1.71 bits per heavy atom. The molecule has 0 radical (unpaired) electrons. The molecule has 136 valence electrons. The van der Waals surface area contributed by atoms with Crippen molar-refractivity contribution in [1.29, 1.82) is 0 Å². The van der Waals surface area contributed by atoms with Gasteiger partial charge in [0.15, 0.2) is 23.3 Å². The zero-order valence-corrected chi connectivity index (χ0v) is 15.2. The molecular formula is C14H19BrO9. The van der Waals surface area contributed by atoms with E-state index in [9.17, 15) is 19.2 Å². The van der Waals surface area contributed by atoms with Gasteiger partial charge in [0, 0.05) is 27.7 Å². The predicted octanol–water partition coefficient (Wildman–Crippen LogP) is 0.464. The fraction of sp³-hybridized carbons (Fsp3) is 0.714. The molecule has 0 aromatic heterocycles. The van der Waals surface area contributed by atoms with Crippen molar-refractivity contribution in [2.24, 2.45) is 0 Å². The van der Waals surface area contributed by atoms with E-state index in [1.807, 2.05) is 0 Å². The molecule has 0 spiro atoms. The quantitative estimate of drug-likeness (QED) is 0.362. The molecular weight excluding hydrogens is 392 g/mol. The van der Waals surface area contributed by atoms with Gasteiger partial charge in [0.05, 0.1) is 0 Å². The number of ether oxygens (including phenoxy) is 5. The predicted molar refractivity (Wildman–Crippen MR) is 80.9 cm³/mol. The van der Waals surface area contributed by atoms with Crippen molar-refractivity contribution in [1.82, 2.24) is 0 Å². The maximum absolute atomic E-state index is 11.4. The highest BCUT2D eigenvalue weighted by molar-refractivity contribution is 9.09. The van der Waals surface area contributed by atoms with Gasteiger partial charge in [-0.2, -0.15) is 0 Å². The van der Waals surface area contributed by atoms with Crippen molar-refractivity contribution in [3.63, 3.8) is 0 Å². The van der Waals surface area contributed by atoms with E-state index in [1.165, 1.54) is 13.8 Å². The van der Waals surface area contributed by atoms with Gasteiger partial charge in [0.25, 0.3) is 0 Å². The van der Waals surface area contributed by atoms with Crippen LogP contribution in [0, 0.1) is 0 Å². The lowest BCUT2D eigenvalue weighted by Gasteiger charge is -2.42. The zero-order chi connectivity index (χ0) is 18.4. The Balaban J connectivity index is 3.11. The molecule has 1 aliphatic heterocycles. The minimum atomic E-state index is -1.13. The van der Waals surface area contributed by atoms with Crippen LogP contribution in [0.15, 0.2) is 0 Å². The Labute approximate surface area is 147 Å². The first-order valence-electron chi connectivity index (χ1n) is 7.06. The van der Waals surface area contributed by atoms with Gasteiger partial charge in [-0.05, 0) is 0 Å². The van der Waals surface area contributed by atoms with E-state index >= 15 is 0 Å². The lowest BCUT2D eigenvalue weighted by Crippen LogP contribution is -2.60. The van der Waals surface area contributed by atoms with Crippen molar-refractivity contribution in [3.05, 3.63) is 0 Å². The fourth-order valence-electron chi connectivity index (χ4n) is 2.18. The van der Waals surface area contributed by atoms with E-state index in [2.05, 4.69) is 15.9 Å². The summed E-state index contributed by atoms with van der Waals surface area (Å²) in [6, 6.07) is 0. The van der Waals surface area contributed by atoms with E-state index in [0.29, 0.717) is 0 Å². The number of hydrogen-bond acceptors (Lipinski definition) is 9. The summed E-state index contributed by atoms with van der Waals surface area (Å²) in [6.45, 7) is 4.47. The highest BCUT2D eigenvalue weighted by atomic mass is 79.9. The van der Waals surface area contributed by atoms with Gasteiger partial charge in [-0.15, -0.1) is 0 Å². The van der Waals surface area contributed by atoms with Gasteiger partial charge in [0.2, 0.25) is 0 Å². The van der Waals surface area contributed by atoms with Crippen LogP contribution in [0.5, 0.6) is 0 Å². The lowest BCUT2D eigenvalue weighted by atomic mass is 9.99. The van der Waals surface area contributed by atoms with E-state index in [1.54, 1.807) is 0 Å². The molecule has 1 aliphatic rings. The van der Waals surface area contributed by atoms with Crippen molar-refractivity contribution in [2.75, 3.05) is 6.61 Å². The van der Waals surface area contributed by atoms with E-state index in [0.717, 1.165) is 13.8 Å². The molecule has 0 aliphatic carbocycles. The first-order chi connectivity index (χ1) is 11.1. The van der Waals surface area contributed by atoms with Crippen LogP contribution in [0.2, 0.25) is 0 Å². The van der Waals surface area contributed by atoms with Crippen molar-refractivity contribution in [3.8, 4) is 0 Å². The molecule has 0 N–H and O–H groups in total. The molecule has 0 saturated carbocycles. The standard InChI is InChI=1S/C14H19BrO9/c1-6(16)20-5-10-11(21-7(2)17)12(22-8(3)18)13(14(15)24-10)23-9(4)19/h10-14H,5H2,1-4H3/t10-,11-,12+,13-,14-/m1/s1. The SMILES string of the molecule is CC(=O)OC[C@H]1O[C@@H](Br)[C@H](OC(C)=O)[C@@H](OC(C)=O)[C@@H]1OC(C)=O. The number of esters is 4. The van der Waals surface area contributed by atoms with Crippen LogP contribution in [0.25, 0.3) is 0 Å². The molecule has 0 aromatic carbocycles. The summed E-state index contributed by atoms with van der Waals surface area (Å²) in [7, 11) is 0. The third-order valence-corrected chi connectivity index (χ3v) is 3.67. The summed E-state index contributed by atoms with van der Waals surface area (Å²) < 4.78 is 25.9. The van der Waals surface area contributed by atoms with E-state index in [-0.39, 0.29) is 6.61 Å². The van der Waals surface area contributed by atoms with Crippen molar-refractivity contribution >= 4 is 39.8 Å². The first-order valence-corrected chi connectivity index (χ1v) is 7.98. The number of hydrogen-bond donors (Lipinski definition) is 0. The molecule has 1 heterocycles. The van der Waals surface area contributed by atoms with Crippen LogP contribution in [0.1, 0.15) is 27.7 Å². The van der Waals surface area contributed by atoms with Crippen LogP contribution in [0.4, 0.5) is 0 Å². The maximum Gasteiger partial charge on any atom is 0.303 e. The molecule has 1 rings (SSSR count). The van der Waals surface area contributed by atoms with Crippen LogP contribution in [-0.2, 0) is 42.9 Å². The number of rotatable bonds is 5. The molecule has 0 aromatic rings. The van der Waals surface area contributed by atoms with E-state index in [4.69, 9.17) is 23.7 Å². The van der Waals surface area contributed by atoms with Gasteiger partial charge in [0.1, 0.15) is 12.7 Å². The second-order valence-electron chi connectivity index (χ2n) is 5.05. The van der Waals surface area contributed by atoms with Crippen LogP contribution >= 0.6 is 15.9 Å². The molecule has 0 bridgehead atoms. The Hall–Kier alpha value is -1.68. The summed E-state index contributed by atoms with van der Waals surface area (Å²) in [5, 5.41) is -0.863. The number of halogens is 1. The smallest absolute Gasteiger partial charge is 0.303 e. The third kappa shape index (κ3) is 6.08. The second-order valence-corrected chi connectivity index (χ2v) is 5.95. The minimum Gasteiger partial charge on any atom is -0.463 e. The first kappa shape index (κ1) is 20.4. The van der Waals surface area contributed by atoms with Gasteiger partial charge in [-0.3, -0.25) is 19.2 Å². The Morgan fingerprint density at radius 1 is 0.792 bits per heavy atom. The van der Waals surface area contributed by atoms with Crippen molar-refractivity contribution in [2.45, 2.75) is 57.1 Å². The summed E-state index contributed by atoms with van der Waals surface area (Å²) >= 11 is 3.18. The normalized spacial score (nSPS) is 29.3. The molecule has 9 nitrogen and oxygen atoms in total. The summed E-state index contributed by atoms with van der Waals surface area (Å²) in [5.41, 5.74) is 0. The fourth-order valence-corrected chi connectivity index (χ4v) is 2.86. The average molecular weight is 411 g/mol. The van der Waals surface area contributed by atoms with Crippen LogP contribution in [0.3, 0.4) is 0 Å². The van der Waals surface area contributed by atoms with Crippen LogP contribution in [-0.4, -0.2) is 59.9 Å². The van der Waals surface area contributed by atoms with E-state index < -0.39 is 53.3 Å². The van der Waals surface area contributed by atoms with Gasteiger partial charge in [-0.25, -0.2) is 0 Å². The molecule has 24 heavy (non-hydrogen) atoms. The molecule has 0 unspecified atom stereocenters. The summed E-state index contributed by atoms with van der Waals surface area (Å²) in [6.07, 6.45) is -4.22. The number of alkyl halides is 1. The largest absolute Gasteiger partial charge is 0.463 e. The van der Waals surface area contributed by atoms with Crippen molar-refractivity contribution < 1.29 is 42.9 Å². The molecule has 1 saturated heterocycles. The third-order valence-electron chi connectivity index (χ3n) is 2.93. The second kappa shape index (κ2) is 8.97. The molecule has 5 atom stereocenters. The molecule has 0 amide bonds. The average Bonchev–Trinajstić information content (AvgIpc) is 2.42. The summed E-state index contributed by atoms with van der Waals surface area (Å²) in [4.78, 5) is 45.1. The highest BCUT2D eigenvalue weighted by Gasteiger charge is 2.51. The van der Waals surface area contributed by atoms with Crippen LogP contribution < -0.4 is 0 Å². The van der Waals surface area contributed by atoms with Gasteiger partial charge >= 0.3 is 23.9 Å². The Morgan fingerprint density at radius 2 is 1.25 bits per heavy atom. The lowest BCUT2D eigenvalue weighted by molar-refractivity contribution is -0.236. The molecule has 1 fully saturated rings.